The number of rotatable bonds is 7. The smallest absolute Gasteiger partial charge is 0.307 e. The first-order valence-electron chi connectivity index (χ1n) is 9.03. The Hall–Kier alpha value is -2.51. The number of benzene rings is 2. The number of furan rings is 1. The molecule has 152 valence electrons. The summed E-state index contributed by atoms with van der Waals surface area (Å²) in [6.45, 7) is 6.28. The Kier molecular flexibility index (Phi) is 6.82. The largest absolute Gasteiger partial charge is 0.490 e. The number of fused-ring (bicyclic) bond motifs is 1. The molecule has 0 atom stereocenters. The van der Waals surface area contributed by atoms with E-state index in [2.05, 4.69) is 26.5 Å². The van der Waals surface area contributed by atoms with E-state index in [1.54, 1.807) is 30.3 Å². The highest BCUT2D eigenvalue weighted by Gasteiger charge is 2.14. The molecule has 0 radical (unpaired) electrons. The van der Waals surface area contributed by atoms with Gasteiger partial charge in [0.05, 0.1) is 23.4 Å². The summed E-state index contributed by atoms with van der Waals surface area (Å²) in [5.74, 6) is 0.912. The van der Waals surface area contributed by atoms with Gasteiger partial charge in [-0.3, -0.25) is 4.79 Å². The highest BCUT2D eigenvalue weighted by molar-refractivity contribution is 9.10. The second-order valence-corrected chi connectivity index (χ2v) is 7.71. The Balaban J connectivity index is 1.75. The van der Waals surface area contributed by atoms with Crippen molar-refractivity contribution in [1.82, 2.24) is 5.43 Å². The molecule has 0 aliphatic heterocycles. The third-order valence-corrected chi connectivity index (χ3v) is 4.59. The molecule has 0 spiro atoms. The molecule has 3 aromatic rings. The van der Waals surface area contributed by atoms with Crippen molar-refractivity contribution in [2.45, 2.75) is 26.9 Å². The van der Waals surface area contributed by atoms with Gasteiger partial charge in [-0.25, -0.2) is 5.43 Å². The Morgan fingerprint density at radius 2 is 2.10 bits per heavy atom. The first-order chi connectivity index (χ1) is 13.9. The van der Waals surface area contributed by atoms with Crippen molar-refractivity contribution in [3.8, 4) is 11.5 Å². The minimum Gasteiger partial charge on any atom is -0.490 e. The van der Waals surface area contributed by atoms with Crippen molar-refractivity contribution in [2.24, 2.45) is 5.10 Å². The standard InChI is InChI=1S/C21H20BrClN2O4/c1-4-27-18-8-13(7-16(22)20(18)28-12(2)3)11-24-25-21(26)19-10-14-9-15(23)5-6-17(14)29-19/h5-12H,4H2,1-3H3,(H,25,26)/b24-11+. The number of halogens is 2. The molecular formula is C21H20BrClN2O4. The molecule has 0 fully saturated rings. The molecule has 1 heterocycles. The second kappa shape index (κ2) is 9.33. The molecular weight excluding hydrogens is 460 g/mol. The minimum atomic E-state index is -0.461. The molecule has 1 aromatic heterocycles. The monoisotopic (exact) mass is 478 g/mol. The van der Waals surface area contributed by atoms with Gasteiger partial charge in [-0.05, 0) is 78.7 Å². The molecule has 0 bridgehead atoms. The van der Waals surface area contributed by atoms with Gasteiger partial charge in [-0.2, -0.15) is 5.10 Å². The van der Waals surface area contributed by atoms with E-state index in [1.165, 1.54) is 6.21 Å². The van der Waals surface area contributed by atoms with Crippen LogP contribution in [0.3, 0.4) is 0 Å². The van der Waals surface area contributed by atoms with Crippen LogP contribution in [0, 0.1) is 0 Å². The summed E-state index contributed by atoms with van der Waals surface area (Å²) in [4.78, 5) is 12.3. The lowest BCUT2D eigenvalue weighted by Gasteiger charge is -2.16. The number of nitrogens with zero attached hydrogens (tertiary/aromatic N) is 1. The maximum atomic E-state index is 12.3. The maximum Gasteiger partial charge on any atom is 0.307 e. The van der Waals surface area contributed by atoms with Crippen LogP contribution in [0.25, 0.3) is 11.0 Å². The lowest BCUT2D eigenvalue weighted by molar-refractivity contribution is 0.0929. The van der Waals surface area contributed by atoms with Crippen molar-refractivity contribution in [1.29, 1.82) is 0 Å². The number of nitrogens with one attached hydrogen (secondary N) is 1. The van der Waals surface area contributed by atoms with Crippen molar-refractivity contribution < 1.29 is 18.7 Å². The Morgan fingerprint density at radius 3 is 2.83 bits per heavy atom. The quantitative estimate of drug-likeness (QED) is 0.343. The number of ether oxygens (including phenoxy) is 2. The summed E-state index contributed by atoms with van der Waals surface area (Å²) in [6.07, 6.45) is 1.52. The van der Waals surface area contributed by atoms with Crippen LogP contribution in [0.5, 0.6) is 11.5 Å². The Morgan fingerprint density at radius 1 is 1.31 bits per heavy atom. The van der Waals surface area contributed by atoms with Gasteiger partial charge in [-0.15, -0.1) is 0 Å². The molecule has 3 rings (SSSR count). The van der Waals surface area contributed by atoms with E-state index in [0.29, 0.717) is 28.7 Å². The molecule has 0 saturated heterocycles. The van der Waals surface area contributed by atoms with Gasteiger partial charge in [0.15, 0.2) is 17.3 Å². The summed E-state index contributed by atoms with van der Waals surface area (Å²) in [5, 5.41) is 5.33. The highest BCUT2D eigenvalue weighted by atomic mass is 79.9. The average Bonchev–Trinajstić information content (AvgIpc) is 3.07. The van der Waals surface area contributed by atoms with E-state index in [0.717, 1.165) is 15.4 Å². The highest BCUT2D eigenvalue weighted by Crippen LogP contribution is 2.37. The van der Waals surface area contributed by atoms with E-state index < -0.39 is 5.91 Å². The van der Waals surface area contributed by atoms with Crippen molar-refractivity contribution in [3.05, 3.63) is 57.2 Å². The number of hydrogen-bond donors (Lipinski definition) is 1. The average molecular weight is 480 g/mol. The summed E-state index contributed by atoms with van der Waals surface area (Å²) in [6, 6.07) is 10.4. The van der Waals surface area contributed by atoms with Gasteiger partial charge in [0.2, 0.25) is 0 Å². The number of carbonyl (C=O) groups excluding carboxylic acids is 1. The van der Waals surface area contributed by atoms with E-state index >= 15 is 0 Å². The van der Waals surface area contributed by atoms with E-state index in [9.17, 15) is 4.79 Å². The topological polar surface area (TPSA) is 73.1 Å². The van der Waals surface area contributed by atoms with Gasteiger partial charge in [0.25, 0.3) is 0 Å². The Labute approximate surface area is 181 Å². The van der Waals surface area contributed by atoms with E-state index in [4.69, 9.17) is 25.5 Å². The number of amides is 1. The zero-order chi connectivity index (χ0) is 21.0. The minimum absolute atomic E-state index is 0.00278. The van der Waals surface area contributed by atoms with Crippen LogP contribution >= 0.6 is 27.5 Å². The van der Waals surface area contributed by atoms with E-state index in [1.807, 2.05) is 26.8 Å². The Bertz CT molecular complexity index is 1060. The van der Waals surface area contributed by atoms with Gasteiger partial charge in [0, 0.05) is 10.4 Å². The summed E-state index contributed by atoms with van der Waals surface area (Å²) < 4.78 is 17.7. The maximum absolute atomic E-state index is 12.3. The molecule has 29 heavy (non-hydrogen) atoms. The van der Waals surface area contributed by atoms with Crippen LogP contribution in [-0.2, 0) is 0 Å². The van der Waals surface area contributed by atoms with Crippen LogP contribution < -0.4 is 14.9 Å². The van der Waals surface area contributed by atoms with Gasteiger partial charge in [0.1, 0.15) is 5.58 Å². The van der Waals surface area contributed by atoms with Gasteiger partial charge >= 0.3 is 5.91 Å². The van der Waals surface area contributed by atoms with Crippen LogP contribution in [0.4, 0.5) is 0 Å². The normalized spacial score (nSPS) is 11.4. The molecule has 1 N–H and O–H groups in total. The van der Waals surface area contributed by atoms with Crippen LogP contribution in [-0.4, -0.2) is 24.8 Å². The van der Waals surface area contributed by atoms with Crippen LogP contribution in [0.15, 0.2) is 50.4 Å². The number of hydrazone groups is 1. The zero-order valence-electron chi connectivity index (χ0n) is 16.2. The fourth-order valence-corrected chi connectivity index (χ4v) is 3.36. The predicted molar refractivity (Wildman–Crippen MR) is 117 cm³/mol. The van der Waals surface area contributed by atoms with Gasteiger partial charge < -0.3 is 13.9 Å². The fourth-order valence-electron chi connectivity index (χ4n) is 2.62. The van der Waals surface area contributed by atoms with Crippen molar-refractivity contribution in [2.75, 3.05) is 6.61 Å². The van der Waals surface area contributed by atoms with E-state index in [-0.39, 0.29) is 11.9 Å². The predicted octanol–water partition coefficient (Wildman–Crippen LogP) is 5.80. The third-order valence-electron chi connectivity index (χ3n) is 3.77. The summed E-state index contributed by atoms with van der Waals surface area (Å²) >= 11 is 9.46. The first-order valence-corrected chi connectivity index (χ1v) is 10.2. The van der Waals surface area contributed by atoms with Crippen LogP contribution in [0.1, 0.15) is 36.9 Å². The third kappa shape index (κ3) is 5.31. The molecule has 2 aromatic carbocycles. The molecule has 0 unspecified atom stereocenters. The van der Waals surface area contributed by atoms with Crippen molar-refractivity contribution in [3.63, 3.8) is 0 Å². The van der Waals surface area contributed by atoms with Crippen LogP contribution in [0.2, 0.25) is 5.02 Å². The summed E-state index contributed by atoms with van der Waals surface area (Å²) in [5.41, 5.74) is 3.77. The SMILES string of the molecule is CCOc1cc(/C=N/NC(=O)c2cc3cc(Cl)ccc3o2)cc(Br)c1OC(C)C. The fraction of sp³-hybridized carbons (Fsp3) is 0.238. The molecule has 1 amide bonds. The zero-order valence-corrected chi connectivity index (χ0v) is 18.5. The lowest BCUT2D eigenvalue weighted by atomic mass is 10.2. The second-order valence-electron chi connectivity index (χ2n) is 6.42. The number of carbonyl (C=O) groups is 1. The lowest BCUT2D eigenvalue weighted by Crippen LogP contribution is -2.16. The van der Waals surface area contributed by atoms with Crippen molar-refractivity contribution >= 4 is 50.6 Å². The molecule has 6 nitrogen and oxygen atoms in total. The molecule has 0 saturated carbocycles. The molecule has 0 aliphatic carbocycles. The first kappa shape index (κ1) is 21.2. The number of hydrogen-bond acceptors (Lipinski definition) is 5. The summed E-state index contributed by atoms with van der Waals surface area (Å²) in [7, 11) is 0. The van der Waals surface area contributed by atoms with Gasteiger partial charge in [-0.1, -0.05) is 11.6 Å². The molecule has 8 heteroatoms. The molecule has 0 aliphatic rings.